The van der Waals surface area contributed by atoms with Gasteiger partial charge in [0, 0.05) is 24.7 Å². The number of carbonyl (C=O) groups is 2. The molecule has 0 saturated carbocycles. The molecule has 20 heavy (non-hydrogen) atoms. The first kappa shape index (κ1) is 16.5. The minimum atomic E-state index is -0.0399. The summed E-state index contributed by atoms with van der Waals surface area (Å²) in [6, 6.07) is 9.42. The average Bonchev–Trinajstić information content (AvgIpc) is 2.47. The van der Waals surface area contributed by atoms with E-state index in [0.717, 1.165) is 5.69 Å². The van der Waals surface area contributed by atoms with Crippen LogP contribution in [-0.2, 0) is 9.59 Å². The van der Waals surface area contributed by atoms with Crippen LogP contribution < -0.4 is 11.1 Å². The van der Waals surface area contributed by atoms with Crippen LogP contribution in [0.2, 0.25) is 0 Å². The molecule has 2 amide bonds. The minimum absolute atomic E-state index is 0. The molecular formula is C14H20ClN3O2. The van der Waals surface area contributed by atoms with E-state index in [1.54, 1.807) is 4.90 Å². The lowest BCUT2D eigenvalue weighted by Gasteiger charge is -2.31. The molecule has 1 heterocycles. The summed E-state index contributed by atoms with van der Waals surface area (Å²) in [5.41, 5.74) is 6.14. The first-order valence-electron chi connectivity index (χ1n) is 6.54. The van der Waals surface area contributed by atoms with Gasteiger partial charge in [0.25, 0.3) is 0 Å². The number of para-hydroxylation sites is 1. The number of nitrogens with one attached hydrogen (secondary N) is 1. The molecule has 0 aliphatic carbocycles. The van der Waals surface area contributed by atoms with Gasteiger partial charge in [-0.15, -0.1) is 12.4 Å². The number of piperidine rings is 1. The van der Waals surface area contributed by atoms with Crippen molar-refractivity contribution in [3.63, 3.8) is 0 Å². The molecule has 1 aromatic rings. The zero-order valence-corrected chi connectivity index (χ0v) is 12.1. The standard InChI is InChI=1S/C14H19N3O2.ClH/c15-10-13(18)17-8-6-11(7-9-17)14(19)16-12-4-2-1-3-5-12;/h1-5,11H,6-10,15H2,(H,16,19);1H. The number of rotatable bonds is 3. The van der Waals surface area contributed by atoms with Crippen LogP contribution in [-0.4, -0.2) is 36.3 Å². The van der Waals surface area contributed by atoms with Gasteiger partial charge in [0.2, 0.25) is 11.8 Å². The highest BCUT2D eigenvalue weighted by Crippen LogP contribution is 2.19. The molecule has 1 aromatic carbocycles. The molecule has 6 heteroatoms. The van der Waals surface area contributed by atoms with Crippen molar-refractivity contribution in [2.75, 3.05) is 25.0 Å². The molecule has 110 valence electrons. The highest BCUT2D eigenvalue weighted by molar-refractivity contribution is 5.92. The molecule has 2 rings (SSSR count). The van der Waals surface area contributed by atoms with Crippen LogP contribution in [0.5, 0.6) is 0 Å². The number of hydrogen-bond donors (Lipinski definition) is 2. The average molecular weight is 298 g/mol. The van der Waals surface area contributed by atoms with Crippen LogP contribution in [0.3, 0.4) is 0 Å². The topological polar surface area (TPSA) is 75.4 Å². The molecule has 5 nitrogen and oxygen atoms in total. The summed E-state index contributed by atoms with van der Waals surface area (Å²) in [4.78, 5) is 25.2. The second kappa shape index (κ2) is 7.87. The SMILES string of the molecule is Cl.NCC(=O)N1CCC(C(=O)Nc2ccccc2)CC1. The van der Waals surface area contributed by atoms with Crippen molar-refractivity contribution in [1.29, 1.82) is 0 Å². The Hall–Kier alpha value is -1.59. The molecule has 1 fully saturated rings. The van der Waals surface area contributed by atoms with Crippen LogP contribution in [0.15, 0.2) is 30.3 Å². The van der Waals surface area contributed by atoms with Crippen molar-refractivity contribution in [2.24, 2.45) is 11.7 Å². The van der Waals surface area contributed by atoms with E-state index in [9.17, 15) is 9.59 Å². The Labute approximate surface area is 124 Å². The monoisotopic (exact) mass is 297 g/mol. The van der Waals surface area contributed by atoms with E-state index in [1.165, 1.54) is 0 Å². The molecule has 0 radical (unpaired) electrons. The van der Waals surface area contributed by atoms with Gasteiger partial charge in [-0.25, -0.2) is 0 Å². The van der Waals surface area contributed by atoms with Crippen LogP contribution in [0.1, 0.15) is 12.8 Å². The Morgan fingerprint density at radius 2 is 1.80 bits per heavy atom. The van der Waals surface area contributed by atoms with Crippen molar-refractivity contribution in [3.8, 4) is 0 Å². The van der Waals surface area contributed by atoms with Crippen LogP contribution in [0.4, 0.5) is 5.69 Å². The first-order chi connectivity index (χ1) is 9.20. The van der Waals surface area contributed by atoms with E-state index in [2.05, 4.69) is 5.32 Å². The van der Waals surface area contributed by atoms with Crippen molar-refractivity contribution >= 4 is 29.9 Å². The third-order valence-corrected chi connectivity index (χ3v) is 3.43. The number of anilines is 1. The molecule has 0 aromatic heterocycles. The number of carbonyl (C=O) groups excluding carboxylic acids is 2. The number of likely N-dealkylation sites (tertiary alicyclic amines) is 1. The number of hydrogen-bond acceptors (Lipinski definition) is 3. The fraction of sp³-hybridized carbons (Fsp3) is 0.429. The zero-order chi connectivity index (χ0) is 13.7. The predicted molar refractivity (Wildman–Crippen MR) is 80.7 cm³/mol. The first-order valence-corrected chi connectivity index (χ1v) is 6.54. The fourth-order valence-corrected chi connectivity index (χ4v) is 2.29. The summed E-state index contributed by atoms with van der Waals surface area (Å²) in [7, 11) is 0. The summed E-state index contributed by atoms with van der Waals surface area (Å²) in [6.45, 7) is 1.27. The van der Waals surface area contributed by atoms with Crippen LogP contribution in [0, 0.1) is 5.92 Å². The second-order valence-corrected chi connectivity index (χ2v) is 4.71. The number of nitrogens with two attached hydrogens (primary N) is 1. The van der Waals surface area contributed by atoms with Gasteiger partial charge in [0.15, 0.2) is 0 Å². The molecule has 1 saturated heterocycles. The highest BCUT2D eigenvalue weighted by Gasteiger charge is 2.26. The van der Waals surface area contributed by atoms with Gasteiger partial charge in [0.1, 0.15) is 0 Å². The predicted octanol–water partition coefficient (Wildman–Crippen LogP) is 1.24. The fourth-order valence-electron chi connectivity index (χ4n) is 2.29. The van der Waals surface area contributed by atoms with E-state index in [1.807, 2.05) is 30.3 Å². The van der Waals surface area contributed by atoms with Crippen molar-refractivity contribution < 1.29 is 9.59 Å². The van der Waals surface area contributed by atoms with Gasteiger partial charge in [-0.05, 0) is 25.0 Å². The quantitative estimate of drug-likeness (QED) is 0.881. The Kier molecular flexibility index (Phi) is 6.48. The van der Waals surface area contributed by atoms with E-state index < -0.39 is 0 Å². The van der Waals surface area contributed by atoms with Gasteiger partial charge < -0.3 is 16.0 Å². The summed E-state index contributed by atoms with van der Waals surface area (Å²) in [5, 5.41) is 2.90. The molecule has 1 aliphatic rings. The number of halogens is 1. The molecule has 0 atom stereocenters. The lowest BCUT2D eigenvalue weighted by atomic mass is 9.95. The maximum Gasteiger partial charge on any atom is 0.236 e. The molecule has 1 aliphatic heterocycles. The normalized spacial score (nSPS) is 15.3. The van der Waals surface area contributed by atoms with Crippen molar-refractivity contribution in [2.45, 2.75) is 12.8 Å². The largest absolute Gasteiger partial charge is 0.342 e. The Morgan fingerprint density at radius 1 is 1.20 bits per heavy atom. The summed E-state index contributed by atoms with van der Waals surface area (Å²) >= 11 is 0. The van der Waals surface area contributed by atoms with E-state index in [0.29, 0.717) is 25.9 Å². The van der Waals surface area contributed by atoms with E-state index in [4.69, 9.17) is 5.73 Å². The molecule has 0 unspecified atom stereocenters. The van der Waals surface area contributed by atoms with Gasteiger partial charge in [-0.1, -0.05) is 18.2 Å². The van der Waals surface area contributed by atoms with Gasteiger partial charge in [-0.2, -0.15) is 0 Å². The van der Waals surface area contributed by atoms with Gasteiger partial charge in [-0.3, -0.25) is 9.59 Å². The maximum absolute atomic E-state index is 12.1. The molecule has 0 spiro atoms. The summed E-state index contributed by atoms with van der Waals surface area (Å²) in [5.74, 6) is -0.0324. The summed E-state index contributed by atoms with van der Waals surface area (Å²) < 4.78 is 0. The zero-order valence-electron chi connectivity index (χ0n) is 11.2. The van der Waals surface area contributed by atoms with Crippen LogP contribution >= 0.6 is 12.4 Å². The number of nitrogens with zero attached hydrogens (tertiary/aromatic N) is 1. The Bertz CT molecular complexity index is 445. The third kappa shape index (κ3) is 4.21. The molecule has 0 bridgehead atoms. The van der Waals surface area contributed by atoms with Crippen LogP contribution in [0.25, 0.3) is 0 Å². The highest BCUT2D eigenvalue weighted by atomic mass is 35.5. The lowest BCUT2D eigenvalue weighted by molar-refractivity contribution is -0.133. The summed E-state index contributed by atoms with van der Waals surface area (Å²) in [6.07, 6.45) is 1.40. The maximum atomic E-state index is 12.1. The molecular weight excluding hydrogens is 278 g/mol. The number of benzene rings is 1. The third-order valence-electron chi connectivity index (χ3n) is 3.43. The van der Waals surface area contributed by atoms with Gasteiger partial charge >= 0.3 is 0 Å². The van der Waals surface area contributed by atoms with Crippen molar-refractivity contribution in [3.05, 3.63) is 30.3 Å². The van der Waals surface area contributed by atoms with E-state index >= 15 is 0 Å². The van der Waals surface area contributed by atoms with Crippen molar-refractivity contribution in [1.82, 2.24) is 4.90 Å². The number of amides is 2. The van der Waals surface area contributed by atoms with Gasteiger partial charge in [0.05, 0.1) is 6.54 Å². The smallest absolute Gasteiger partial charge is 0.236 e. The Morgan fingerprint density at radius 3 is 2.35 bits per heavy atom. The molecule has 3 N–H and O–H groups in total. The Balaban J connectivity index is 0.00000200. The minimum Gasteiger partial charge on any atom is -0.342 e. The van der Waals surface area contributed by atoms with E-state index in [-0.39, 0.29) is 36.7 Å². The second-order valence-electron chi connectivity index (χ2n) is 4.71. The lowest BCUT2D eigenvalue weighted by Crippen LogP contribution is -2.43.